The number of aromatic nitrogens is 3. The van der Waals surface area contributed by atoms with Crippen LogP contribution in [0.25, 0.3) is 0 Å². The van der Waals surface area contributed by atoms with Gasteiger partial charge in [-0.05, 0) is 31.6 Å². The zero-order valence-electron chi connectivity index (χ0n) is 14.4. The van der Waals surface area contributed by atoms with Crippen molar-refractivity contribution in [3.05, 3.63) is 24.3 Å². The standard InChI is InChI=1S/C17H28N6/c1-4-10-18-16(19-12-15-21-20-14(2)22(15)3)23-11-9-17(13-23)7-5-6-8-17/h4H,1,5-13H2,2-3H3,(H,18,19). The highest BCUT2D eigenvalue weighted by atomic mass is 15.3. The van der Waals surface area contributed by atoms with Gasteiger partial charge in [0.1, 0.15) is 12.4 Å². The van der Waals surface area contributed by atoms with Crippen LogP contribution in [0.2, 0.25) is 0 Å². The van der Waals surface area contributed by atoms with E-state index >= 15 is 0 Å². The van der Waals surface area contributed by atoms with E-state index in [1.165, 1.54) is 32.1 Å². The summed E-state index contributed by atoms with van der Waals surface area (Å²) in [4.78, 5) is 7.22. The number of rotatable bonds is 4. The van der Waals surface area contributed by atoms with Crippen LogP contribution in [0.3, 0.4) is 0 Å². The van der Waals surface area contributed by atoms with E-state index in [0.29, 0.717) is 12.0 Å². The molecule has 2 fully saturated rings. The first-order valence-electron chi connectivity index (χ1n) is 8.63. The van der Waals surface area contributed by atoms with Gasteiger partial charge in [0.05, 0.1) is 0 Å². The summed E-state index contributed by atoms with van der Waals surface area (Å²) < 4.78 is 2.00. The van der Waals surface area contributed by atoms with Crippen LogP contribution in [0.1, 0.15) is 43.8 Å². The number of hydrogen-bond acceptors (Lipinski definition) is 3. The molecule has 0 radical (unpaired) electrons. The highest BCUT2D eigenvalue weighted by Gasteiger charge is 2.41. The molecule has 6 heteroatoms. The molecule has 0 bridgehead atoms. The van der Waals surface area contributed by atoms with E-state index in [9.17, 15) is 0 Å². The summed E-state index contributed by atoms with van der Waals surface area (Å²) in [5, 5.41) is 11.7. The van der Waals surface area contributed by atoms with Gasteiger partial charge >= 0.3 is 0 Å². The molecule has 1 aromatic heterocycles. The molecule has 3 rings (SSSR count). The number of aryl methyl sites for hydroxylation is 1. The van der Waals surface area contributed by atoms with Crippen molar-refractivity contribution in [3.63, 3.8) is 0 Å². The Hall–Kier alpha value is -1.85. The maximum atomic E-state index is 4.80. The van der Waals surface area contributed by atoms with Gasteiger partial charge in [0.15, 0.2) is 11.8 Å². The minimum Gasteiger partial charge on any atom is -0.353 e. The zero-order valence-corrected chi connectivity index (χ0v) is 14.4. The fraction of sp³-hybridized carbons (Fsp3) is 0.706. The fourth-order valence-corrected chi connectivity index (χ4v) is 3.81. The summed E-state index contributed by atoms with van der Waals surface area (Å²) >= 11 is 0. The lowest BCUT2D eigenvalue weighted by atomic mass is 9.86. The molecule has 1 aliphatic heterocycles. The van der Waals surface area contributed by atoms with Gasteiger partial charge < -0.3 is 14.8 Å². The monoisotopic (exact) mass is 316 g/mol. The number of likely N-dealkylation sites (tertiary alicyclic amines) is 1. The van der Waals surface area contributed by atoms with Crippen molar-refractivity contribution in [2.45, 2.75) is 45.6 Å². The molecule has 1 N–H and O–H groups in total. The van der Waals surface area contributed by atoms with Gasteiger partial charge in [-0.25, -0.2) is 4.99 Å². The second kappa shape index (κ2) is 6.72. The third-order valence-electron chi connectivity index (χ3n) is 5.36. The lowest BCUT2D eigenvalue weighted by Gasteiger charge is -2.26. The van der Waals surface area contributed by atoms with Gasteiger partial charge in [0, 0.05) is 26.7 Å². The minimum atomic E-state index is 0.540. The molecular formula is C17H28N6. The quantitative estimate of drug-likeness (QED) is 0.524. The van der Waals surface area contributed by atoms with Gasteiger partial charge in [-0.1, -0.05) is 18.9 Å². The van der Waals surface area contributed by atoms with E-state index < -0.39 is 0 Å². The SMILES string of the molecule is C=CCNC(=NCc1nnc(C)n1C)N1CCC2(CCCC2)C1. The molecule has 6 nitrogen and oxygen atoms in total. The van der Waals surface area contributed by atoms with E-state index in [4.69, 9.17) is 4.99 Å². The molecule has 126 valence electrons. The second-order valence-corrected chi connectivity index (χ2v) is 6.91. The van der Waals surface area contributed by atoms with Crippen LogP contribution in [0.4, 0.5) is 0 Å². The Bertz CT molecular complexity index is 582. The van der Waals surface area contributed by atoms with Crippen molar-refractivity contribution < 1.29 is 0 Å². The lowest BCUT2D eigenvalue weighted by molar-refractivity contribution is 0.309. The molecule has 1 aliphatic carbocycles. The van der Waals surface area contributed by atoms with Crippen molar-refractivity contribution in [1.29, 1.82) is 0 Å². The molecule has 0 atom stereocenters. The van der Waals surface area contributed by atoms with E-state index in [0.717, 1.165) is 37.2 Å². The van der Waals surface area contributed by atoms with Gasteiger partial charge in [0.25, 0.3) is 0 Å². The molecule has 2 heterocycles. The van der Waals surface area contributed by atoms with Crippen LogP contribution in [0, 0.1) is 12.3 Å². The summed E-state index contributed by atoms with van der Waals surface area (Å²) in [5.74, 6) is 2.80. The first-order valence-corrected chi connectivity index (χ1v) is 8.63. The normalized spacial score (nSPS) is 20.4. The smallest absolute Gasteiger partial charge is 0.194 e. The maximum absolute atomic E-state index is 4.80. The molecule has 1 spiro atoms. The summed E-state index contributed by atoms with van der Waals surface area (Å²) in [6.07, 6.45) is 8.70. The van der Waals surface area contributed by atoms with Crippen molar-refractivity contribution in [3.8, 4) is 0 Å². The molecular weight excluding hydrogens is 288 g/mol. The number of nitrogens with one attached hydrogen (secondary N) is 1. The number of aliphatic imine (C=N–C) groups is 1. The second-order valence-electron chi connectivity index (χ2n) is 6.91. The van der Waals surface area contributed by atoms with Gasteiger partial charge in [0.2, 0.25) is 0 Å². The highest BCUT2D eigenvalue weighted by molar-refractivity contribution is 5.80. The number of guanidine groups is 1. The van der Waals surface area contributed by atoms with Crippen molar-refractivity contribution in [1.82, 2.24) is 25.0 Å². The van der Waals surface area contributed by atoms with Crippen LogP contribution in [0.5, 0.6) is 0 Å². The Balaban J connectivity index is 1.71. The predicted octanol–water partition coefficient (Wildman–Crippen LogP) is 2.02. The van der Waals surface area contributed by atoms with Crippen LogP contribution < -0.4 is 5.32 Å². The maximum Gasteiger partial charge on any atom is 0.194 e. The van der Waals surface area contributed by atoms with Gasteiger partial charge in [-0.2, -0.15) is 0 Å². The number of hydrogen-bond donors (Lipinski definition) is 1. The Morgan fingerprint density at radius 1 is 1.35 bits per heavy atom. The Morgan fingerprint density at radius 3 is 2.78 bits per heavy atom. The largest absolute Gasteiger partial charge is 0.353 e. The van der Waals surface area contributed by atoms with Gasteiger partial charge in [-0.15, -0.1) is 16.8 Å². The van der Waals surface area contributed by atoms with Crippen molar-refractivity contribution in [2.75, 3.05) is 19.6 Å². The zero-order chi connectivity index (χ0) is 16.3. The topological polar surface area (TPSA) is 58.3 Å². The van der Waals surface area contributed by atoms with E-state index in [1.807, 2.05) is 24.6 Å². The van der Waals surface area contributed by atoms with Crippen molar-refractivity contribution >= 4 is 5.96 Å². The van der Waals surface area contributed by atoms with Crippen LogP contribution in [-0.4, -0.2) is 45.3 Å². The van der Waals surface area contributed by atoms with E-state index in [1.54, 1.807) is 0 Å². The van der Waals surface area contributed by atoms with E-state index in [-0.39, 0.29) is 0 Å². The molecule has 0 aromatic carbocycles. The Kier molecular flexibility index (Phi) is 4.68. The van der Waals surface area contributed by atoms with Crippen LogP contribution >= 0.6 is 0 Å². The molecule has 23 heavy (non-hydrogen) atoms. The molecule has 1 saturated carbocycles. The molecule has 1 aromatic rings. The summed E-state index contributed by atoms with van der Waals surface area (Å²) in [5.41, 5.74) is 0.540. The van der Waals surface area contributed by atoms with Crippen molar-refractivity contribution in [2.24, 2.45) is 17.5 Å². The first kappa shape index (κ1) is 16.0. The average molecular weight is 316 g/mol. The Labute approximate surface area is 138 Å². The third-order valence-corrected chi connectivity index (χ3v) is 5.36. The van der Waals surface area contributed by atoms with Crippen LogP contribution in [-0.2, 0) is 13.6 Å². The predicted molar refractivity (Wildman–Crippen MR) is 92.2 cm³/mol. The van der Waals surface area contributed by atoms with Gasteiger partial charge in [-0.3, -0.25) is 0 Å². The molecule has 0 unspecified atom stereocenters. The average Bonchev–Trinajstić information content (AvgIpc) is 3.26. The number of nitrogens with zero attached hydrogens (tertiary/aromatic N) is 5. The highest BCUT2D eigenvalue weighted by Crippen LogP contribution is 2.45. The first-order chi connectivity index (χ1) is 11.1. The molecule has 1 saturated heterocycles. The third kappa shape index (κ3) is 3.41. The minimum absolute atomic E-state index is 0.540. The Morgan fingerprint density at radius 2 is 2.13 bits per heavy atom. The summed E-state index contributed by atoms with van der Waals surface area (Å²) in [6.45, 7) is 9.29. The molecule has 0 amide bonds. The van der Waals surface area contributed by atoms with E-state index in [2.05, 4.69) is 27.0 Å². The fourth-order valence-electron chi connectivity index (χ4n) is 3.81. The lowest BCUT2D eigenvalue weighted by Crippen LogP contribution is -2.41. The summed E-state index contributed by atoms with van der Waals surface area (Å²) in [6, 6.07) is 0. The summed E-state index contributed by atoms with van der Waals surface area (Å²) in [7, 11) is 1.99. The van der Waals surface area contributed by atoms with Crippen LogP contribution in [0.15, 0.2) is 17.6 Å². The molecule has 2 aliphatic rings.